The molecule has 0 aliphatic carbocycles. The lowest BCUT2D eigenvalue weighted by molar-refractivity contribution is -0.136. The van der Waals surface area contributed by atoms with E-state index in [0.29, 0.717) is 6.42 Å². The lowest BCUT2D eigenvalue weighted by Crippen LogP contribution is -2.09. The molecule has 1 N–H and O–H groups in total. The van der Waals surface area contributed by atoms with E-state index in [2.05, 4.69) is 22.6 Å². The maximum atomic E-state index is 10.8. The van der Waals surface area contributed by atoms with Crippen LogP contribution in [0.3, 0.4) is 0 Å². The van der Waals surface area contributed by atoms with E-state index < -0.39 is 5.97 Å². The molecule has 0 heterocycles. The van der Waals surface area contributed by atoms with Crippen molar-refractivity contribution in [2.45, 2.75) is 19.8 Å². The number of aliphatic carboxylic acids is 1. The van der Waals surface area contributed by atoms with Gasteiger partial charge in [0.2, 0.25) is 0 Å². The van der Waals surface area contributed by atoms with Crippen molar-refractivity contribution in [3.63, 3.8) is 0 Å². The monoisotopic (exact) mass is 332 g/mol. The summed E-state index contributed by atoms with van der Waals surface area (Å²) in [6, 6.07) is 5.66. The molecule has 4 heteroatoms. The molecule has 0 aromatic heterocycles. The van der Waals surface area contributed by atoms with Crippen molar-refractivity contribution in [3.05, 3.63) is 32.9 Å². The molecule has 0 fully saturated rings. The van der Waals surface area contributed by atoms with Crippen molar-refractivity contribution in [1.29, 1.82) is 0 Å². The minimum absolute atomic E-state index is 0.0139. The van der Waals surface area contributed by atoms with Gasteiger partial charge in [-0.3, -0.25) is 4.79 Å². The standard InChI is InChI=1S/C12H13IO3/c1-8(7-14)5-9-3-2-4-11(13)10(9)6-12(15)16/h2-4,7-8H,5-6H2,1H3,(H,15,16). The van der Waals surface area contributed by atoms with Crippen LogP contribution in [0.5, 0.6) is 0 Å². The first-order valence-electron chi connectivity index (χ1n) is 4.98. The van der Waals surface area contributed by atoms with E-state index in [-0.39, 0.29) is 12.3 Å². The highest BCUT2D eigenvalue weighted by atomic mass is 127. The van der Waals surface area contributed by atoms with Gasteiger partial charge in [0.25, 0.3) is 0 Å². The molecule has 0 spiro atoms. The number of carbonyl (C=O) groups is 2. The minimum atomic E-state index is -0.843. The maximum Gasteiger partial charge on any atom is 0.307 e. The smallest absolute Gasteiger partial charge is 0.307 e. The molecule has 1 rings (SSSR count). The Labute approximate surface area is 108 Å². The maximum absolute atomic E-state index is 10.8. The number of rotatable bonds is 5. The molecule has 3 nitrogen and oxygen atoms in total. The van der Waals surface area contributed by atoms with Gasteiger partial charge in [0.1, 0.15) is 6.29 Å². The lowest BCUT2D eigenvalue weighted by atomic mass is 9.96. The topological polar surface area (TPSA) is 54.4 Å². The molecular weight excluding hydrogens is 319 g/mol. The largest absolute Gasteiger partial charge is 0.481 e. The van der Waals surface area contributed by atoms with Gasteiger partial charge in [-0.2, -0.15) is 0 Å². The Kier molecular flexibility index (Phi) is 4.92. The number of aldehydes is 1. The van der Waals surface area contributed by atoms with Gasteiger partial charge < -0.3 is 9.90 Å². The first-order valence-corrected chi connectivity index (χ1v) is 6.05. The van der Waals surface area contributed by atoms with Crippen LogP contribution in [0, 0.1) is 9.49 Å². The fourth-order valence-corrected chi connectivity index (χ4v) is 2.28. The SMILES string of the molecule is CC(C=O)Cc1cccc(I)c1CC(=O)O. The van der Waals surface area contributed by atoms with Gasteiger partial charge in [-0.25, -0.2) is 0 Å². The van der Waals surface area contributed by atoms with E-state index in [1.54, 1.807) is 0 Å². The number of carboxylic acid groups (broad SMARTS) is 1. The van der Waals surface area contributed by atoms with Crippen LogP contribution < -0.4 is 0 Å². The van der Waals surface area contributed by atoms with Gasteiger partial charge in [0.05, 0.1) is 6.42 Å². The van der Waals surface area contributed by atoms with E-state index >= 15 is 0 Å². The Morgan fingerprint density at radius 1 is 1.56 bits per heavy atom. The summed E-state index contributed by atoms with van der Waals surface area (Å²) in [5.41, 5.74) is 1.78. The Hall–Kier alpha value is -0.910. The zero-order chi connectivity index (χ0) is 12.1. The molecule has 0 saturated heterocycles. The predicted molar refractivity (Wildman–Crippen MR) is 69.4 cm³/mol. The second-order valence-corrected chi connectivity index (χ2v) is 4.93. The van der Waals surface area contributed by atoms with Crippen LogP contribution in [0.1, 0.15) is 18.1 Å². The normalized spacial score (nSPS) is 12.1. The van der Waals surface area contributed by atoms with Gasteiger partial charge >= 0.3 is 5.97 Å². The molecule has 1 aromatic rings. The van der Waals surface area contributed by atoms with Crippen molar-refractivity contribution < 1.29 is 14.7 Å². The number of benzene rings is 1. The third kappa shape index (κ3) is 3.59. The number of halogens is 1. The second kappa shape index (κ2) is 5.98. The van der Waals surface area contributed by atoms with Crippen LogP contribution in [0.4, 0.5) is 0 Å². The minimum Gasteiger partial charge on any atom is -0.481 e. The summed E-state index contributed by atoms with van der Waals surface area (Å²) in [5.74, 6) is -0.921. The number of carbonyl (C=O) groups excluding carboxylic acids is 1. The van der Waals surface area contributed by atoms with Crippen molar-refractivity contribution in [1.82, 2.24) is 0 Å². The third-order valence-corrected chi connectivity index (χ3v) is 3.33. The number of hydrogen-bond acceptors (Lipinski definition) is 2. The molecule has 0 amide bonds. The zero-order valence-corrected chi connectivity index (χ0v) is 11.1. The summed E-state index contributed by atoms with van der Waals surface area (Å²) in [6.07, 6.45) is 1.51. The quantitative estimate of drug-likeness (QED) is 0.665. The van der Waals surface area contributed by atoms with Crippen molar-refractivity contribution in [3.8, 4) is 0 Å². The van der Waals surface area contributed by atoms with Crippen molar-refractivity contribution in [2.24, 2.45) is 5.92 Å². The Morgan fingerprint density at radius 2 is 2.25 bits per heavy atom. The van der Waals surface area contributed by atoms with E-state index in [0.717, 1.165) is 21.0 Å². The lowest BCUT2D eigenvalue weighted by Gasteiger charge is -2.11. The highest BCUT2D eigenvalue weighted by molar-refractivity contribution is 14.1. The van der Waals surface area contributed by atoms with Gasteiger partial charge in [-0.05, 0) is 46.2 Å². The molecule has 0 radical (unpaired) electrons. The molecule has 86 valence electrons. The van der Waals surface area contributed by atoms with Crippen LogP contribution in [0.25, 0.3) is 0 Å². The predicted octanol–water partition coefficient (Wildman–Crippen LogP) is 2.30. The summed E-state index contributed by atoms with van der Waals surface area (Å²) < 4.78 is 0.940. The van der Waals surface area contributed by atoms with E-state index in [9.17, 15) is 9.59 Å². The first-order chi connectivity index (χ1) is 7.54. The Balaban J connectivity index is 3.02. The first kappa shape index (κ1) is 13.2. The number of hydrogen-bond donors (Lipinski definition) is 1. The van der Waals surface area contributed by atoms with Crippen LogP contribution in [0.2, 0.25) is 0 Å². The molecule has 0 saturated carbocycles. The fourth-order valence-electron chi connectivity index (χ4n) is 1.54. The molecule has 1 aromatic carbocycles. The molecule has 1 unspecified atom stereocenters. The summed E-state index contributed by atoms with van der Waals surface area (Å²) in [5, 5.41) is 8.83. The average molecular weight is 332 g/mol. The van der Waals surface area contributed by atoms with Crippen molar-refractivity contribution in [2.75, 3.05) is 0 Å². The fraction of sp³-hybridized carbons (Fsp3) is 0.333. The van der Waals surface area contributed by atoms with Gasteiger partial charge in [-0.15, -0.1) is 0 Å². The van der Waals surface area contributed by atoms with Crippen LogP contribution in [-0.2, 0) is 22.4 Å². The van der Waals surface area contributed by atoms with E-state index in [1.165, 1.54) is 0 Å². The average Bonchev–Trinajstić information content (AvgIpc) is 2.22. The molecule has 0 aliphatic rings. The molecule has 16 heavy (non-hydrogen) atoms. The van der Waals surface area contributed by atoms with Crippen LogP contribution >= 0.6 is 22.6 Å². The van der Waals surface area contributed by atoms with Gasteiger partial charge in [-0.1, -0.05) is 19.1 Å². The zero-order valence-electron chi connectivity index (χ0n) is 8.94. The van der Waals surface area contributed by atoms with Crippen LogP contribution in [0.15, 0.2) is 18.2 Å². The molecule has 1 atom stereocenters. The Morgan fingerprint density at radius 3 is 2.81 bits per heavy atom. The van der Waals surface area contributed by atoms with Gasteiger partial charge in [0, 0.05) is 9.49 Å². The summed E-state index contributed by atoms with van der Waals surface area (Å²) in [6.45, 7) is 1.83. The second-order valence-electron chi connectivity index (χ2n) is 3.77. The van der Waals surface area contributed by atoms with Crippen LogP contribution in [-0.4, -0.2) is 17.4 Å². The summed E-state index contributed by atoms with van der Waals surface area (Å²) in [7, 11) is 0. The summed E-state index contributed by atoms with van der Waals surface area (Å²) >= 11 is 2.13. The van der Waals surface area contributed by atoms with E-state index in [4.69, 9.17) is 5.11 Å². The highest BCUT2D eigenvalue weighted by Gasteiger charge is 2.12. The molecule has 0 bridgehead atoms. The van der Waals surface area contributed by atoms with Crippen molar-refractivity contribution >= 4 is 34.8 Å². The summed E-state index contributed by atoms with van der Waals surface area (Å²) in [4.78, 5) is 21.4. The Bertz CT molecular complexity index is 401. The molecular formula is C12H13IO3. The molecule has 0 aliphatic heterocycles. The third-order valence-electron chi connectivity index (χ3n) is 2.32. The van der Waals surface area contributed by atoms with E-state index in [1.807, 2.05) is 25.1 Å². The number of carboxylic acids is 1. The van der Waals surface area contributed by atoms with Gasteiger partial charge in [0.15, 0.2) is 0 Å². The highest BCUT2D eigenvalue weighted by Crippen LogP contribution is 2.20.